The molecular weight excluding hydrogens is 220 g/mol. The number of hydrogen-bond donors (Lipinski definition) is 2. The van der Waals surface area contributed by atoms with Crippen molar-refractivity contribution < 1.29 is 0 Å². The number of benzene rings is 1. The van der Waals surface area contributed by atoms with Crippen molar-refractivity contribution >= 4 is 10.9 Å². The van der Waals surface area contributed by atoms with Crippen molar-refractivity contribution in [1.82, 2.24) is 10.3 Å². The normalized spacial score (nSPS) is 17.4. The summed E-state index contributed by atoms with van der Waals surface area (Å²) in [5, 5.41) is 4.91. The summed E-state index contributed by atoms with van der Waals surface area (Å²) in [4.78, 5) is 3.47. The Hall–Kier alpha value is -1.28. The van der Waals surface area contributed by atoms with Crippen LogP contribution in [0.2, 0.25) is 0 Å². The van der Waals surface area contributed by atoms with E-state index >= 15 is 0 Å². The van der Waals surface area contributed by atoms with Crippen LogP contribution in [0.5, 0.6) is 0 Å². The minimum absolute atomic E-state index is 0.852. The molecule has 0 unspecified atom stereocenters. The third-order valence-electron chi connectivity index (χ3n) is 4.30. The molecule has 0 radical (unpaired) electrons. The molecule has 1 aromatic heterocycles. The molecule has 0 aliphatic carbocycles. The lowest BCUT2D eigenvalue weighted by molar-refractivity contribution is 0.373. The molecule has 0 amide bonds. The molecule has 0 spiro atoms. The highest BCUT2D eigenvalue weighted by Crippen LogP contribution is 2.28. The summed E-state index contributed by atoms with van der Waals surface area (Å²) >= 11 is 0. The molecule has 2 aromatic rings. The second-order valence-electron chi connectivity index (χ2n) is 5.66. The minimum Gasteiger partial charge on any atom is -0.361 e. The van der Waals surface area contributed by atoms with E-state index in [2.05, 4.69) is 42.5 Å². The summed E-state index contributed by atoms with van der Waals surface area (Å²) in [5.41, 5.74) is 5.60. The van der Waals surface area contributed by atoms with Gasteiger partial charge in [0.15, 0.2) is 0 Å². The molecule has 1 aliphatic heterocycles. The Labute approximate surface area is 109 Å². The number of aryl methyl sites for hydroxylation is 2. The van der Waals surface area contributed by atoms with Gasteiger partial charge in [-0.3, -0.25) is 0 Å². The molecule has 3 rings (SSSR count). The van der Waals surface area contributed by atoms with E-state index < -0.39 is 0 Å². The molecule has 2 heteroatoms. The number of rotatable bonds is 2. The Morgan fingerprint density at radius 2 is 1.83 bits per heavy atom. The molecule has 18 heavy (non-hydrogen) atoms. The molecule has 1 aliphatic rings. The molecular formula is C16H22N2. The van der Waals surface area contributed by atoms with Crippen molar-refractivity contribution in [3.63, 3.8) is 0 Å². The molecule has 1 saturated heterocycles. The topological polar surface area (TPSA) is 27.8 Å². The quantitative estimate of drug-likeness (QED) is 0.830. The van der Waals surface area contributed by atoms with Crippen molar-refractivity contribution in [2.75, 3.05) is 13.1 Å². The summed E-state index contributed by atoms with van der Waals surface area (Å²) < 4.78 is 0. The number of nitrogens with one attached hydrogen (secondary N) is 2. The predicted molar refractivity (Wildman–Crippen MR) is 77.1 cm³/mol. The van der Waals surface area contributed by atoms with E-state index in [1.54, 1.807) is 0 Å². The van der Waals surface area contributed by atoms with Gasteiger partial charge in [0.25, 0.3) is 0 Å². The second kappa shape index (κ2) is 4.77. The maximum Gasteiger partial charge on any atom is 0.0489 e. The third kappa shape index (κ3) is 2.05. The Morgan fingerprint density at radius 1 is 1.11 bits per heavy atom. The molecule has 2 N–H and O–H groups in total. The van der Waals surface area contributed by atoms with Crippen LogP contribution in [0.15, 0.2) is 18.3 Å². The SMILES string of the molecule is Cc1ccc(C)c2c(CC3CCNCC3)c[nH]c12. The molecule has 1 aromatic carbocycles. The van der Waals surface area contributed by atoms with Crippen LogP contribution in [0.1, 0.15) is 29.5 Å². The first kappa shape index (κ1) is 11.8. The van der Waals surface area contributed by atoms with E-state index in [1.165, 1.54) is 59.9 Å². The number of H-pyrrole nitrogens is 1. The lowest BCUT2D eigenvalue weighted by Gasteiger charge is -2.22. The maximum atomic E-state index is 3.47. The van der Waals surface area contributed by atoms with E-state index in [1.807, 2.05) is 0 Å². The van der Waals surface area contributed by atoms with Crippen molar-refractivity contribution in [2.24, 2.45) is 5.92 Å². The fraction of sp³-hybridized carbons (Fsp3) is 0.500. The minimum atomic E-state index is 0.852. The smallest absolute Gasteiger partial charge is 0.0489 e. The van der Waals surface area contributed by atoms with Gasteiger partial charge in [-0.2, -0.15) is 0 Å². The number of aromatic amines is 1. The average Bonchev–Trinajstić information content (AvgIpc) is 2.80. The van der Waals surface area contributed by atoms with Crippen LogP contribution in [0.25, 0.3) is 10.9 Å². The van der Waals surface area contributed by atoms with Gasteiger partial charge in [0.05, 0.1) is 0 Å². The zero-order valence-corrected chi connectivity index (χ0v) is 11.3. The van der Waals surface area contributed by atoms with Gasteiger partial charge in [-0.1, -0.05) is 12.1 Å². The summed E-state index contributed by atoms with van der Waals surface area (Å²) in [6.07, 6.45) is 6.09. The number of fused-ring (bicyclic) bond motifs is 1. The van der Waals surface area contributed by atoms with Gasteiger partial charge >= 0.3 is 0 Å². The van der Waals surface area contributed by atoms with Gasteiger partial charge in [-0.05, 0) is 68.8 Å². The molecule has 96 valence electrons. The molecule has 2 heterocycles. The number of aromatic nitrogens is 1. The van der Waals surface area contributed by atoms with E-state index in [4.69, 9.17) is 0 Å². The monoisotopic (exact) mass is 242 g/mol. The number of piperidine rings is 1. The summed E-state index contributed by atoms with van der Waals surface area (Å²) in [5.74, 6) is 0.852. The first-order valence-electron chi connectivity index (χ1n) is 7.02. The molecule has 0 bridgehead atoms. The summed E-state index contributed by atoms with van der Waals surface area (Å²) in [6, 6.07) is 4.46. The van der Waals surface area contributed by atoms with Gasteiger partial charge < -0.3 is 10.3 Å². The molecule has 0 saturated carbocycles. The fourth-order valence-corrected chi connectivity index (χ4v) is 3.20. The van der Waals surface area contributed by atoms with Gasteiger partial charge in [0.2, 0.25) is 0 Å². The van der Waals surface area contributed by atoms with E-state index in [9.17, 15) is 0 Å². The average molecular weight is 242 g/mol. The standard InChI is InChI=1S/C16H22N2/c1-11-3-4-12(2)16-15(11)14(10-18-16)9-13-5-7-17-8-6-13/h3-4,10,13,17-18H,5-9H2,1-2H3. The summed E-state index contributed by atoms with van der Waals surface area (Å²) in [7, 11) is 0. The van der Waals surface area contributed by atoms with Crippen molar-refractivity contribution in [3.8, 4) is 0 Å². The largest absolute Gasteiger partial charge is 0.361 e. The zero-order chi connectivity index (χ0) is 12.5. The molecule has 2 nitrogen and oxygen atoms in total. The zero-order valence-electron chi connectivity index (χ0n) is 11.3. The lowest BCUT2D eigenvalue weighted by atomic mass is 9.90. The highest BCUT2D eigenvalue weighted by atomic mass is 14.9. The van der Waals surface area contributed by atoms with Crippen molar-refractivity contribution in [1.29, 1.82) is 0 Å². The van der Waals surface area contributed by atoms with E-state index in [0.717, 1.165) is 5.92 Å². The Balaban J connectivity index is 1.94. The van der Waals surface area contributed by atoms with E-state index in [0.29, 0.717) is 0 Å². The maximum absolute atomic E-state index is 3.47. The highest BCUT2D eigenvalue weighted by molar-refractivity contribution is 5.88. The first-order chi connectivity index (χ1) is 8.75. The van der Waals surface area contributed by atoms with Gasteiger partial charge in [0, 0.05) is 17.1 Å². The highest BCUT2D eigenvalue weighted by Gasteiger charge is 2.16. The van der Waals surface area contributed by atoms with Gasteiger partial charge in [0.1, 0.15) is 0 Å². The third-order valence-corrected chi connectivity index (χ3v) is 4.30. The second-order valence-corrected chi connectivity index (χ2v) is 5.66. The fourth-order valence-electron chi connectivity index (χ4n) is 3.20. The van der Waals surface area contributed by atoms with Crippen LogP contribution in [-0.2, 0) is 6.42 Å². The van der Waals surface area contributed by atoms with Crippen LogP contribution in [-0.4, -0.2) is 18.1 Å². The van der Waals surface area contributed by atoms with Crippen molar-refractivity contribution in [2.45, 2.75) is 33.1 Å². The van der Waals surface area contributed by atoms with Gasteiger partial charge in [-0.25, -0.2) is 0 Å². The van der Waals surface area contributed by atoms with Gasteiger partial charge in [-0.15, -0.1) is 0 Å². The first-order valence-corrected chi connectivity index (χ1v) is 7.02. The van der Waals surface area contributed by atoms with Crippen LogP contribution in [0.4, 0.5) is 0 Å². The summed E-state index contributed by atoms with van der Waals surface area (Å²) in [6.45, 7) is 6.78. The van der Waals surface area contributed by atoms with Crippen LogP contribution in [0, 0.1) is 19.8 Å². The Kier molecular flexibility index (Phi) is 3.13. The lowest BCUT2D eigenvalue weighted by Crippen LogP contribution is -2.28. The van der Waals surface area contributed by atoms with Crippen LogP contribution >= 0.6 is 0 Å². The Bertz CT molecular complexity index is 547. The molecule has 1 fully saturated rings. The number of hydrogen-bond acceptors (Lipinski definition) is 1. The van der Waals surface area contributed by atoms with E-state index in [-0.39, 0.29) is 0 Å². The Morgan fingerprint density at radius 3 is 2.61 bits per heavy atom. The van der Waals surface area contributed by atoms with Crippen LogP contribution < -0.4 is 5.32 Å². The van der Waals surface area contributed by atoms with Crippen molar-refractivity contribution in [3.05, 3.63) is 35.0 Å². The predicted octanol–water partition coefficient (Wildman–Crippen LogP) is 3.33. The van der Waals surface area contributed by atoms with Crippen LogP contribution in [0.3, 0.4) is 0 Å². The molecule has 0 atom stereocenters.